The summed E-state index contributed by atoms with van der Waals surface area (Å²) >= 11 is 0. The van der Waals surface area contributed by atoms with Crippen molar-refractivity contribution < 1.29 is 27.5 Å². The smallest absolute Gasteiger partial charge is 0.338 e. The minimum atomic E-state index is -3.61. The molecule has 27 heavy (non-hydrogen) atoms. The van der Waals surface area contributed by atoms with Gasteiger partial charge in [0.05, 0.1) is 23.7 Å². The number of ketones is 1. The molecule has 1 aliphatic rings. The Balaban J connectivity index is 1.62. The van der Waals surface area contributed by atoms with Crippen molar-refractivity contribution in [2.24, 2.45) is 0 Å². The first-order chi connectivity index (χ1) is 13.0. The maximum atomic E-state index is 12.6. The summed E-state index contributed by atoms with van der Waals surface area (Å²) in [7, 11) is -3.61. The largest absolute Gasteiger partial charge is 0.454 e. The first-order valence-electron chi connectivity index (χ1n) is 8.42. The molecule has 0 amide bonds. The number of sulfonamides is 1. The first kappa shape index (κ1) is 19.2. The van der Waals surface area contributed by atoms with Crippen LogP contribution >= 0.6 is 0 Å². The molecule has 1 saturated heterocycles. The number of morpholine rings is 1. The van der Waals surface area contributed by atoms with Crippen molar-refractivity contribution in [3.05, 3.63) is 65.7 Å². The third-order valence-corrected chi connectivity index (χ3v) is 6.04. The Hall–Kier alpha value is -2.55. The fraction of sp³-hybridized carbons (Fsp3) is 0.263. The molecule has 0 aromatic heterocycles. The van der Waals surface area contributed by atoms with Gasteiger partial charge in [0.2, 0.25) is 10.0 Å². The van der Waals surface area contributed by atoms with E-state index in [0.717, 1.165) is 0 Å². The van der Waals surface area contributed by atoms with E-state index >= 15 is 0 Å². The van der Waals surface area contributed by atoms with Crippen LogP contribution in [0.5, 0.6) is 0 Å². The Bertz CT molecular complexity index is 903. The van der Waals surface area contributed by atoms with E-state index in [4.69, 9.17) is 9.47 Å². The Morgan fingerprint density at radius 3 is 2.19 bits per heavy atom. The van der Waals surface area contributed by atoms with Crippen molar-refractivity contribution in [3.63, 3.8) is 0 Å². The van der Waals surface area contributed by atoms with E-state index in [0.29, 0.717) is 31.9 Å². The molecule has 0 atom stereocenters. The predicted octanol–water partition coefficient (Wildman–Crippen LogP) is 1.75. The predicted molar refractivity (Wildman–Crippen MR) is 97.1 cm³/mol. The number of carbonyl (C=O) groups is 2. The van der Waals surface area contributed by atoms with E-state index in [9.17, 15) is 18.0 Å². The highest BCUT2D eigenvalue weighted by molar-refractivity contribution is 7.89. The minimum Gasteiger partial charge on any atom is -0.454 e. The Morgan fingerprint density at radius 2 is 1.56 bits per heavy atom. The average molecular weight is 389 g/mol. The van der Waals surface area contributed by atoms with Crippen molar-refractivity contribution >= 4 is 21.8 Å². The van der Waals surface area contributed by atoms with Gasteiger partial charge < -0.3 is 9.47 Å². The first-order valence-corrected chi connectivity index (χ1v) is 9.86. The van der Waals surface area contributed by atoms with Gasteiger partial charge in [-0.15, -0.1) is 0 Å². The topological polar surface area (TPSA) is 90.0 Å². The number of ether oxygens (including phenoxy) is 2. The zero-order valence-electron chi connectivity index (χ0n) is 14.5. The van der Waals surface area contributed by atoms with Crippen LogP contribution in [0.15, 0.2) is 59.5 Å². The van der Waals surface area contributed by atoms with Gasteiger partial charge in [-0.25, -0.2) is 13.2 Å². The molecular formula is C19H19NO6S. The quantitative estimate of drug-likeness (QED) is 0.552. The number of Topliss-reactive ketones (excluding diaryl/α,β-unsaturated/α-hetero) is 1. The van der Waals surface area contributed by atoms with Crippen LogP contribution in [0, 0.1) is 0 Å². The van der Waals surface area contributed by atoms with Crippen LogP contribution < -0.4 is 0 Å². The van der Waals surface area contributed by atoms with Gasteiger partial charge in [-0.05, 0) is 36.4 Å². The molecule has 0 radical (unpaired) electrons. The highest BCUT2D eigenvalue weighted by atomic mass is 32.2. The molecule has 0 aliphatic carbocycles. The number of benzene rings is 2. The molecule has 8 heteroatoms. The molecule has 0 unspecified atom stereocenters. The van der Waals surface area contributed by atoms with Crippen LogP contribution in [-0.2, 0) is 19.5 Å². The highest BCUT2D eigenvalue weighted by Gasteiger charge is 2.26. The molecule has 0 bridgehead atoms. The molecule has 1 aliphatic heterocycles. The number of carbonyl (C=O) groups excluding carboxylic acids is 2. The second-order valence-corrected chi connectivity index (χ2v) is 7.84. The zero-order chi connectivity index (χ0) is 19.3. The molecule has 7 nitrogen and oxygen atoms in total. The van der Waals surface area contributed by atoms with E-state index < -0.39 is 28.4 Å². The van der Waals surface area contributed by atoms with Gasteiger partial charge in [-0.2, -0.15) is 4.31 Å². The molecule has 2 aromatic rings. The highest BCUT2D eigenvalue weighted by Crippen LogP contribution is 2.18. The number of esters is 1. The summed E-state index contributed by atoms with van der Waals surface area (Å²) in [5.74, 6) is -0.995. The van der Waals surface area contributed by atoms with Crippen molar-refractivity contribution in [1.29, 1.82) is 0 Å². The monoisotopic (exact) mass is 389 g/mol. The lowest BCUT2D eigenvalue weighted by molar-refractivity contribution is 0.0474. The number of hydrogen-bond donors (Lipinski definition) is 0. The molecule has 3 rings (SSSR count). The van der Waals surface area contributed by atoms with E-state index in [-0.39, 0.29) is 10.5 Å². The fourth-order valence-corrected chi connectivity index (χ4v) is 4.03. The van der Waals surface area contributed by atoms with Crippen molar-refractivity contribution in [2.75, 3.05) is 32.9 Å². The number of rotatable bonds is 6. The molecule has 0 N–H and O–H groups in total. The third kappa shape index (κ3) is 4.60. The fourth-order valence-electron chi connectivity index (χ4n) is 2.62. The molecule has 1 heterocycles. The summed E-state index contributed by atoms with van der Waals surface area (Å²) in [6.45, 7) is 0.922. The number of hydrogen-bond acceptors (Lipinski definition) is 6. The van der Waals surface area contributed by atoms with E-state index in [1.807, 2.05) is 0 Å². The average Bonchev–Trinajstić information content (AvgIpc) is 2.73. The molecule has 2 aromatic carbocycles. The normalized spacial score (nSPS) is 15.3. The lowest BCUT2D eigenvalue weighted by atomic mass is 10.1. The summed E-state index contributed by atoms with van der Waals surface area (Å²) < 4.78 is 36.6. The van der Waals surface area contributed by atoms with Gasteiger partial charge in [0.15, 0.2) is 12.4 Å². The van der Waals surface area contributed by atoms with Gasteiger partial charge in [-0.1, -0.05) is 18.2 Å². The van der Waals surface area contributed by atoms with Crippen molar-refractivity contribution in [2.45, 2.75) is 4.90 Å². The van der Waals surface area contributed by atoms with Crippen LogP contribution in [0.4, 0.5) is 0 Å². The van der Waals surface area contributed by atoms with Gasteiger partial charge in [0, 0.05) is 18.7 Å². The van der Waals surface area contributed by atoms with Gasteiger partial charge >= 0.3 is 5.97 Å². The van der Waals surface area contributed by atoms with Crippen LogP contribution in [0.1, 0.15) is 20.7 Å². The van der Waals surface area contributed by atoms with Crippen LogP contribution in [0.3, 0.4) is 0 Å². The van der Waals surface area contributed by atoms with Gasteiger partial charge in [-0.3, -0.25) is 4.79 Å². The van der Waals surface area contributed by atoms with E-state index in [2.05, 4.69) is 0 Å². The number of nitrogens with zero attached hydrogens (tertiary/aromatic N) is 1. The summed E-state index contributed by atoms with van der Waals surface area (Å²) in [5, 5.41) is 0. The summed E-state index contributed by atoms with van der Waals surface area (Å²) in [6, 6.07) is 14.0. The van der Waals surface area contributed by atoms with E-state index in [1.165, 1.54) is 28.6 Å². The Morgan fingerprint density at radius 1 is 0.926 bits per heavy atom. The van der Waals surface area contributed by atoms with Crippen LogP contribution in [0.2, 0.25) is 0 Å². The summed E-state index contributed by atoms with van der Waals surface area (Å²) in [6.07, 6.45) is 0. The SMILES string of the molecule is O=C(COC(=O)c1ccccc1)c1ccc(S(=O)(=O)N2CCOCC2)cc1. The lowest BCUT2D eigenvalue weighted by Crippen LogP contribution is -2.40. The standard InChI is InChI=1S/C19H19NO6S/c21-18(14-26-19(22)16-4-2-1-3-5-16)15-6-8-17(9-7-15)27(23,24)20-10-12-25-13-11-20/h1-9H,10-14H2. The van der Waals surface area contributed by atoms with Crippen molar-refractivity contribution in [1.82, 2.24) is 4.31 Å². The third-order valence-electron chi connectivity index (χ3n) is 4.13. The van der Waals surface area contributed by atoms with Crippen LogP contribution in [0.25, 0.3) is 0 Å². The lowest BCUT2D eigenvalue weighted by Gasteiger charge is -2.26. The zero-order valence-corrected chi connectivity index (χ0v) is 15.4. The maximum absolute atomic E-state index is 12.6. The van der Waals surface area contributed by atoms with Gasteiger partial charge in [0.25, 0.3) is 0 Å². The molecule has 0 spiro atoms. The summed E-state index contributed by atoms with van der Waals surface area (Å²) in [4.78, 5) is 24.2. The minimum absolute atomic E-state index is 0.113. The maximum Gasteiger partial charge on any atom is 0.338 e. The Labute approximate surface area is 157 Å². The van der Waals surface area contributed by atoms with Gasteiger partial charge in [0.1, 0.15) is 0 Å². The van der Waals surface area contributed by atoms with E-state index in [1.54, 1.807) is 30.3 Å². The second kappa shape index (κ2) is 8.43. The second-order valence-electron chi connectivity index (χ2n) is 5.91. The van der Waals surface area contributed by atoms with Crippen molar-refractivity contribution in [3.8, 4) is 0 Å². The molecule has 1 fully saturated rings. The summed E-state index contributed by atoms with van der Waals surface area (Å²) in [5.41, 5.74) is 0.633. The van der Waals surface area contributed by atoms with Crippen LogP contribution in [-0.4, -0.2) is 57.4 Å². The molecule has 142 valence electrons. The molecular weight excluding hydrogens is 370 g/mol. The Kier molecular flexibility index (Phi) is 6.00. The molecule has 0 saturated carbocycles.